The number of carbonyl (C=O) groups is 2. The van der Waals surface area contributed by atoms with Gasteiger partial charge in [-0.3, -0.25) is 9.32 Å². The summed E-state index contributed by atoms with van der Waals surface area (Å²) >= 11 is 0. The van der Waals surface area contributed by atoms with Crippen LogP contribution in [0.2, 0.25) is 0 Å². The van der Waals surface area contributed by atoms with Gasteiger partial charge in [-0.25, -0.2) is 14.4 Å². The summed E-state index contributed by atoms with van der Waals surface area (Å²) in [6.07, 6.45) is -6.08. The number of amides is 1. The summed E-state index contributed by atoms with van der Waals surface area (Å²) in [5.41, 5.74) is 1.48. The van der Waals surface area contributed by atoms with Gasteiger partial charge >= 0.3 is 13.7 Å². The summed E-state index contributed by atoms with van der Waals surface area (Å²) in [4.78, 5) is 38.5. The number of carboxylic acid groups (broad SMARTS) is 1. The van der Waals surface area contributed by atoms with Crippen LogP contribution in [0.1, 0.15) is 32.8 Å². The predicted molar refractivity (Wildman–Crippen MR) is 131 cm³/mol. The molecule has 0 saturated carbocycles. The van der Waals surface area contributed by atoms with E-state index in [1.54, 1.807) is 20.0 Å². The molecule has 1 aromatic heterocycles. The Kier molecular flexibility index (Phi) is 9.48. The fraction of sp³-hybridized carbons (Fsp3) is 0.565. The van der Waals surface area contributed by atoms with E-state index in [9.17, 15) is 39.5 Å². The fourth-order valence-corrected chi connectivity index (χ4v) is 5.28. The highest BCUT2D eigenvalue weighted by molar-refractivity contribution is 7.50. The van der Waals surface area contributed by atoms with Gasteiger partial charge in [0.1, 0.15) is 24.4 Å². The van der Waals surface area contributed by atoms with Crippen LogP contribution in [0.15, 0.2) is 30.5 Å². The molecule has 1 aliphatic rings. The number of carboxylic acids is 1. The number of benzene rings is 1. The summed E-state index contributed by atoms with van der Waals surface area (Å²) < 4.78 is 23.0. The number of aliphatic hydroxyl groups is 3. The summed E-state index contributed by atoms with van der Waals surface area (Å²) in [6, 6.07) is 4.63. The van der Waals surface area contributed by atoms with Crippen LogP contribution in [0, 0.1) is 5.92 Å². The molecule has 1 aliphatic heterocycles. The number of fused-ring (bicyclic) bond motifs is 1. The molecule has 8 atom stereocenters. The molecule has 1 saturated heterocycles. The first-order chi connectivity index (χ1) is 17.3. The number of aromatic amines is 1. The van der Waals surface area contributed by atoms with E-state index in [-0.39, 0.29) is 18.8 Å². The maximum atomic E-state index is 13.1. The number of ether oxygens (including phenoxy) is 1. The first-order valence-corrected chi connectivity index (χ1v) is 13.4. The van der Waals surface area contributed by atoms with Gasteiger partial charge in [-0.1, -0.05) is 32.0 Å². The number of aliphatic hydroxyl groups excluding tert-OH is 3. The lowest BCUT2D eigenvalue weighted by atomic mass is 10.0. The fourth-order valence-electron chi connectivity index (χ4n) is 4.15. The molecule has 206 valence electrons. The second kappa shape index (κ2) is 12.0. The molecule has 2 aromatic rings. The molecule has 3 rings (SSSR count). The Bertz CT molecular complexity index is 1140. The highest BCUT2D eigenvalue weighted by Crippen LogP contribution is 2.42. The molecule has 1 unspecified atom stereocenters. The molecule has 13 nitrogen and oxygen atoms in total. The Balaban J connectivity index is 1.72. The van der Waals surface area contributed by atoms with Crippen LogP contribution in [0.4, 0.5) is 0 Å². The first-order valence-electron chi connectivity index (χ1n) is 11.9. The van der Waals surface area contributed by atoms with Gasteiger partial charge in [0.25, 0.3) is 0 Å². The largest absolute Gasteiger partial charge is 0.480 e. The van der Waals surface area contributed by atoms with Crippen LogP contribution >= 0.6 is 7.75 Å². The number of H-pyrrole nitrogens is 1. The maximum Gasteiger partial charge on any atom is 0.406 e. The van der Waals surface area contributed by atoms with Gasteiger partial charge in [0.2, 0.25) is 5.91 Å². The number of rotatable bonds is 11. The SMILES string of the molecule is CC(C)C[C@H](NP(=O)(O)O[C@H]1O[C@H](C)[C@H](O)[C@H](O)[C@@H]1O)C(=O)N[C@@H](Cc1c[nH]c2ccccc12)C(=O)O. The second-order valence-corrected chi connectivity index (χ2v) is 11.1. The van der Waals surface area contributed by atoms with Crippen molar-refractivity contribution < 1.29 is 48.7 Å². The minimum Gasteiger partial charge on any atom is -0.480 e. The topological polar surface area (TPSA) is 211 Å². The van der Waals surface area contributed by atoms with Crippen LogP contribution in [-0.2, 0) is 29.8 Å². The van der Waals surface area contributed by atoms with Crippen molar-refractivity contribution in [2.45, 2.75) is 76.4 Å². The van der Waals surface area contributed by atoms with Crippen molar-refractivity contribution in [1.29, 1.82) is 0 Å². The Hall–Kier alpha value is -2.35. The Morgan fingerprint density at radius 1 is 1.14 bits per heavy atom. The minimum atomic E-state index is -4.83. The predicted octanol–water partition coefficient (Wildman–Crippen LogP) is 0.229. The standard InChI is InChI=1S/C23H34N3O10P/c1-11(2)8-16(26-37(33,34)36-23-20(29)19(28)18(27)12(3)35-23)21(30)25-17(22(31)32)9-13-10-24-15-7-5-4-6-14(13)15/h4-7,10-12,16-20,23-24,27-29H,8-9H2,1-3H3,(H,25,30)(H,31,32)(H2,26,33,34)/t12-,16+,17+,18+,19+,20+,23-/m1/s1. The molecule has 1 aromatic carbocycles. The van der Waals surface area contributed by atoms with Gasteiger partial charge < -0.3 is 40.4 Å². The normalized spacial score (nSPS) is 27.5. The third kappa shape index (κ3) is 7.37. The van der Waals surface area contributed by atoms with E-state index >= 15 is 0 Å². The number of carbonyl (C=O) groups excluding carboxylic acids is 1. The highest BCUT2D eigenvalue weighted by atomic mass is 31.2. The zero-order valence-corrected chi connectivity index (χ0v) is 21.5. The number of nitrogens with one attached hydrogen (secondary N) is 3. The van der Waals surface area contributed by atoms with Crippen molar-refractivity contribution in [2.75, 3.05) is 0 Å². The van der Waals surface area contributed by atoms with Crippen molar-refractivity contribution >= 4 is 30.5 Å². The Morgan fingerprint density at radius 2 is 1.81 bits per heavy atom. The van der Waals surface area contributed by atoms with Crippen molar-refractivity contribution in [3.63, 3.8) is 0 Å². The molecule has 14 heteroatoms. The van der Waals surface area contributed by atoms with Gasteiger partial charge in [0, 0.05) is 23.5 Å². The molecule has 1 fully saturated rings. The Labute approximate surface area is 213 Å². The zero-order valence-electron chi connectivity index (χ0n) is 20.6. The van der Waals surface area contributed by atoms with Gasteiger partial charge in [-0.15, -0.1) is 0 Å². The third-order valence-electron chi connectivity index (χ3n) is 6.11. The number of para-hydroxylation sites is 1. The summed E-state index contributed by atoms with van der Waals surface area (Å²) in [6.45, 7) is 4.90. The molecule has 37 heavy (non-hydrogen) atoms. The van der Waals surface area contributed by atoms with Crippen LogP contribution in [0.3, 0.4) is 0 Å². The molecule has 0 radical (unpaired) electrons. The molecule has 0 aliphatic carbocycles. The second-order valence-electron chi connectivity index (χ2n) is 9.58. The average Bonchev–Trinajstić information content (AvgIpc) is 3.22. The van der Waals surface area contributed by atoms with Crippen LogP contribution in [0.25, 0.3) is 10.9 Å². The highest BCUT2D eigenvalue weighted by Gasteiger charge is 2.45. The van der Waals surface area contributed by atoms with E-state index < -0.39 is 62.4 Å². The lowest BCUT2D eigenvalue weighted by Crippen LogP contribution is -2.57. The van der Waals surface area contributed by atoms with E-state index in [2.05, 4.69) is 15.4 Å². The molecular weight excluding hydrogens is 509 g/mol. The summed E-state index contributed by atoms with van der Waals surface area (Å²) in [5, 5.41) is 45.0. The summed E-state index contributed by atoms with van der Waals surface area (Å²) in [7, 11) is -4.83. The molecule has 2 heterocycles. The molecule has 0 spiro atoms. The Morgan fingerprint density at radius 3 is 2.46 bits per heavy atom. The average molecular weight is 544 g/mol. The van der Waals surface area contributed by atoms with Gasteiger partial charge in [-0.2, -0.15) is 0 Å². The van der Waals surface area contributed by atoms with Crippen molar-refractivity contribution in [3.8, 4) is 0 Å². The lowest BCUT2D eigenvalue weighted by molar-refractivity contribution is -0.270. The van der Waals surface area contributed by atoms with E-state index in [0.717, 1.165) is 10.9 Å². The van der Waals surface area contributed by atoms with Crippen molar-refractivity contribution in [2.24, 2.45) is 5.92 Å². The molecule has 8 N–H and O–H groups in total. The molecular formula is C23H34N3O10P. The quantitative estimate of drug-likeness (QED) is 0.180. The lowest BCUT2D eigenvalue weighted by Gasteiger charge is -2.39. The van der Waals surface area contributed by atoms with E-state index in [1.165, 1.54) is 6.92 Å². The summed E-state index contributed by atoms with van der Waals surface area (Å²) in [5.74, 6) is -2.27. The van der Waals surface area contributed by atoms with Crippen LogP contribution in [-0.4, -0.2) is 85.0 Å². The zero-order chi connectivity index (χ0) is 27.5. The number of hydrogen-bond donors (Lipinski definition) is 8. The van der Waals surface area contributed by atoms with Gasteiger partial charge in [0.15, 0.2) is 6.29 Å². The van der Waals surface area contributed by atoms with Gasteiger partial charge in [0.05, 0.1) is 12.1 Å². The minimum absolute atomic E-state index is 0.0347. The van der Waals surface area contributed by atoms with Crippen molar-refractivity contribution in [1.82, 2.24) is 15.4 Å². The molecule has 1 amide bonds. The van der Waals surface area contributed by atoms with E-state index in [1.807, 2.05) is 24.3 Å². The van der Waals surface area contributed by atoms with E-state index in [4.69, 9.17) is 9.26 Å². The first kappa shape index (κ1) is 29.2. The monoisotopic (exact) mass is 543 g/mol. The van der Waals surface area contributed by atoms with Crippen LogP contribution < -0.4 is 10.4 Å². The number of aliphatic carboxylic acids is 1. The number of hydrogen-bond acceptors (Lipinski definition) is 8. The van der Waals surface area contributed by atoms with Crippen LogP contribution in [0.5, 0.6) is 0 Å². The van der Waals surface area contributed by atoms with E-state index in [0.29, 0.717) is 5.56 Å². The number of aromatic nitrogens is 1. The maximum absolute atomic E-state index is 13.1. The molecule has 0 bridgehead atoms. The third-order valence-corrected chi connectivity index (χ3v) is 7.24. The van der Waals surface area contributed by atoms with Gasteiger partial charge in [-0.05, 0) is 30.9 Å². The smallest absolute Gasteiger partial charge is 0.406 e. The van der Waals surface area contributed by atoms with Crippen molar-refractivity contribution in [3.05, 3.63) is 36.0 Å².